The molecule has 2 amide bonds. The number of carbonyl (C=O) groups is 2. The van der Waals surface area contributed by atoms with Crippen molar-refractivity contribution in [1.82, 2.24) is 10.4 Å². The van der Waals surface area contributed by atoms with Gasteiger partial charge >= 0.3 is 0 Å². The van der Waals surface area contributed by atoms with Gasteiger partial charge in [-0.3, -0.25) is 15.0 Å². The molecule has 0 spiro atoms. The summed E-state index contributed by atoms with van der Waals surface area (Å²) in [6.45, 7) is 5.39. The number of hydrazine groups is 1. The Balaban J connectivity index is 2.99. The standard InChI is InChI=1S/C13H16Cl2N2O2/c1-13(2,3)17(16-11(18)10(14)15)12(19)9-7-5-4-6-8-9/h4-8,10H,1-3H3,(H,16,18). The van der Waals surface area contributed by atoms with E-state index in [4.69, 9.17) is 23.2 Å². The van der Waals surface area contributed by atoms with Crippen LogP contribution in [0.15, 0.2) is 30.3 Å². The van der Waals surface area contributed by atoms with Gasteiger partial charge in [0.25, 0.3) is 11.8 Å². The van der Waals surface area contributed by atoms with Crippen LogP contribution in [-0.2, 0) is 4.79 Å². The smallest absolute Gasteiger partial charge is 0.270 e. The zero-order valence-corrected chi connectivity index (χ0v) is 12.5. The van der Waals surface area contributed by atoms with Crippen LogP contribution in [0.3, 0.4) is 0 Å². The minimum Gasteiger partial charge on any atom is -0.270 e. The predicted molar refractivity (Wildman–Crippen MR) is 76.0 cm³/mol. The second-order valence-corrected chi connectivity index (χ2v) is 6.05. The number of alkyl halides is 2. The van der Waals surface area contributed by atoms with E-state index in [-0.39, 0.29) is 5.91 Å². The van der Waals surface area contributed by atoms with Gasteiger partial charge in [-0.05, 0) is 32.9 Å². The molecule has 4 nitrogen and oxygen atoms in total. The zero-order chi connectivity index (χ0) is 14.6. The fourth-order valence-corrected chi connectivity index (χ4v) is 1.49. The molecule has 0 fully saturated rings. The van der Waals surface area contributed by atoms with Gasteiger partial charge in [-0.15, -0.1) is 0 Å². The largest absolute Gasteiger partial charge is 0.272 e. The molecule has 0 radical (unpaired) electrons. The molecule has 0 saturated heterocycles. The monoisotopic (exact) mass is 302 g/mol. The molecule has 0 heterocycles. The topological polar surface area (TPSA) is 49.4 Å². The Morgan fingerprint density at radius 1 is 1.16 bits per heavy atom. The quantitative estimate of drug-likeness (QED) is 0.674. The van der Waals surface area contributed by atoms with Gasteiger partial charge in [0.1, 0.15) is 0 Å². The Morgan fingerprint density at radius 3 is 2.11 bits per heavy atom. The molecule has 0 aliphatic rings. The lowest BCUT2D eigenvalue weighted by Gasteiger charge is -2.35. The van der Waals surface area contributed by atoms with E-state index >= 15 is 0 Å². The highest BCUT2D eigenvalue weighted by atomic mass is 35.5. The van der Waals surface area contributed by atoms with Crippen molar-refractivity contribution < 1.29 is 9.59 Å². The van der Waals surface area contributed by atoms with Crippen LogP contribution in [0.1, 0.15) is 31.1 Å². The van der Waals surface area contributed by atoms with Gasteiger partial charge < -0.3 is 0 Å². The first-order valence-electron chi connectivity index (χ1n) is 5.71. The molecule has 1 N–H and O–H groups in total. The van der Waals surface area contributed by atoms with Crippen LogP contribution < -0.4 is 5.43 Å². The van der Waals surface area contributed by atoms with Crippen molar-refractivity contribution in [2.24, 2.45) is 0 Å². The molecule has 0 bridgehead atoms. The van der Waals surface area contributed by atoms with E-state index in [1.54, 1.807) is 45.0 Å². The van der Waals surface area contributed by atoms with Crippen LogP contribution in [0.25, 0.3) is 0 Å². The van der Waals surface area contributed by atoms with E-state index in [9.17, 15) is 9.59 Å². The van der Waals surface area contributed by atoms with Crippen molar-refractivity contribution in [2.75, 3.05) is 0 Å². The third kappa shape index (κ3) is 4.40. The Morgan fingerprint density at radius 2 is 1.68 bits per heavy atom. The molecular weight excluding hydrogens is 287 g/mol. The maximum absolute atomic E-state index is 12.4. The van der Waals surface area contributed by atoms with Gasteiger partial charge in [0, 0.05) is 5.56 Å². The van der Waals surface area contributed by atoms with Crippen molar-refractivity contribution >= 4 is 35.0 Å². The average molecular weight is 303 g/mol. The number of benzene rings is 1. The second-order valence-electron chi connectivity index (χ2n) is 4.95. The van der Waals surface area contributed by atoms with E-state index in [0.29, 0.717) is 5.56 Å². The lowest BCUT2D eigenvalue weighted by molar-refractivity contribution is -0.125. The first-order valence-corrected chi connectivity index (χ1v) is 6.59. The van der Waals surface area contributed by atoms with E-state index in [1.165, 1.54) is 5.01 Å². The number of hydrogen-bond donors (Lipinski definition) is 1. The molecule has 0 aliphatic heterocycles. The summed E-state index contributed by atoms with van der Waals surface area (Å²) in [6.07, 6.45) is 0. The molecule has 104 valence electrons. The van der Waals surface area contributed by atoms with Gasteiger partial charge in [-0.1, -0.05) is 41.4 Å². The normalized spacial score (nSPS) is 11.3. The van der Waals surface area contributed by atoms with Gasteiger partial charge in [0.15, 0.2) is 4.84 Å². The van der Waals surface area contributed by atoms with Crippen LogP contribution in [0.5, 0.6) is 0 Å². The SMILES string of the molecule is CC(C)(C)N(NC(=O)C(Cl)Cl)C(=O)c1ccccc1. The minimum atomic E-state index is -1.23. The van der Waals surface area contributed by atoms with E-state index in [2.05, 4.69) is 5.43 Å². The summed E-state index contributed by atoms with van der Waals surface area (Å²) in [5.41, 5.74) is 2.30. The summed E-state index contributed by atoms with van der Waals surface area (Å²) in [5, 5.41) is 1.22. The molecular formula is C13H16Cl2N2O2. The Bertz CT molecular complexity index is 455. The summed E-state index contributed by atoms with van der Waals surface area (Å²) in [5.74, 6) is -0.960. The molecule has 0 atom stereocenters. The lowest BCUT2D eigenvalue weighted by Crippen LogP contribution is -2.56. The molecule has 19 heavy (non-hydrogen) atoms. The highest BCUT2D eigenvalue weighted by molar-refractivity contribution is 6.53. The van der Waals surface area contributed by atoms with Gasteiger partial charge in [0.05, 0.1) is 5.54 Å². The first-order chi connectivity index (χ1) is 8.73. The summed E-state index contributed by atoms with van der Waals surface area (Å²) < 4.78 is 0. The first kappa shape index (κ1) is 15.8. The highest BCUT2D eigenvalue weighted by Gasteiger charge is 2.30. The van der Waals surface area contributed by atoms with Crippen molar-refractivity contribution in [1.29, 1.82) is 0 Å². The van der Waals surface area contributed by atoms with Crippen LogP contribution in [0, 0.1) is 0 Å². The second kappa shape index (κ2) is 6.26. The third-order valence-electron chi connectivity index (χ3n) is 2.31. The number of nitrogens with zero attached hydrogens (tertiary/aromatic N) is 1. The maximum Gasteiger partial charge on any atom is 0.272 e. The molecule has 1 aromatic rings. The highest BCUT2D eigenvalue weighted by Crippen LogP contribution is 2.16. The number of halogens is 2. The number of hydrogen-bond acceptors (Lipinski definition) is 2. The average Bonchev–Trinajstić information content (AvgIpc) is 2.34. The molecule has 1 aromatic carbocycles. The minimum absolute atomic E-state index is 0.324. The summed E-state index contributed by atoms with van der Waals surface area (Å²) in [6, 6.07) is 8.66. The molecule has 0 unspecified atom stereocenters. The third-order valence-corrected chi connectivity index (χ3v) is 2.71. The van der Waals surface area contributed by atoms with Crippen LogP contribution in [-0.4, -0.2) is 27.2 Å². The predicted octanol–water partition coefficient (Wildman–Crippen LogP) is 2.76. The maximum atomic E-state index is 12.4. The lowest BCUT2D eigenvalue weighted by atomic mass is 10.1. The van der Waals surface area contributed by atoms with Crippen LogP contribution >= 0.6 is 23.2 Å². The number of carbonyl (C=O) groups excluding carboxylic acids is 2. The number of nitrogens with one attached hydrogen (secondary N) is 1. The Hall–Kier alpha value is -1.26. The van der Waals surface area contributed by atoms with Crippen molar-refractivity contribution in [3.63, 3.8) is 0 Å². The number of amides is 2. The van der Waals surface area contributed by atoms with E-state index < -0.39 is 16.3 Å². The molecule has 1 rings (SSSR count). The van der Waals surface area contributed by atoms with Gasteiger partial charge in [-0.25, -0.2) is 5.01 Å². The molecule has 0 aliphatic carbocycles. The molecule has 0 saturated carbocycles. The van der Waals surface area contributed by atoms with Crippen LogP contribution in [0.2, 0.25) is 0 Å². The fraction of sp³-hybridized carbons (Fsp3) is 0.385. The van der Waals surface area contributed by atoms with E-state index in [1.807, 2.05) is 6.07 Å². The summed E-state index contributed by atoms with van der Waals surface area (Å²) >= 11 is 11.0. The Labute approximate surface area is 122 Å². The van der Waals surface area contributed by atoms with Crippen molar-refractivity contribution in [3.8, 4) is 0 Å². The van der Waals surface area contributed by atoms with E-state index in [0.717, 1.165) is 0 Å². The summed E-state index contributed by atoms with van der Waals surface area (Å²) in [4.78, 5) is 22.7. The summed E-state index contributed by atoms with van der Waals surface area (Å²) in [7, 11) is 0. The Kier molecular flexibility index (Phi) is 5.20. The molecule has 6 heteroatoms. The fourth-order valence-electron chi connectivity index (χ4n) is 1.39. The number of rotatable bonds is 2. The van der Waals surface area contributed by atoms with Gasteiger partial charge in [0.2, 0.25) is 0 Å². The van der Waals surface area contributed by atoms with Gasteiger partial charge in [-0.2, -0.15) is 0 Å². The molecule has 0 aromatic heterocycles. The van der Waals surface area contributed by atoms with Crippen LogP contribution in [0.4, 0.5) is 0 Å². The zero-order valence-electron chi connectivity index (χ0n) is 11.0. The van der Waals surface area contributed by atoms with Crippen molar-refractivity contribution in [3.05, 3.63) is 35.9 Å². The van der Waals surface area contributed by atoms with Crippen molar-refractivity contribution in [2.45, 2.75) is 31.1 Å².